The Kier molecular flexibility index (Phi) is 9.49. The minimum absolute atomic E-state index is 0. The number of hydrogen-bond donors (Lipinski definition) is 1. The predicted molar refractivity (Wildman–Crippen MR) is 124 cm³/mol. The summed E-state index contributed by atoms with van der Waals surface area (Å²) in [5.74, 6) is 3.46. The van der Waals surface area contributed by atoms with Gasteiger partial charge in [0.2, 0.25) is 0 Å². The molecule has 1 atom stereocenters. The average molecular weight is 511 g/mol. The maximum absolute atomic E-state index is 5.56. The molecule has 0 aromatic carbocycles. The topological polar surface area (TPSA) is 40.1 Å². The van der Waals surface area contributed by atoms with Crippen molar-refractivity contribution < 1.29 is 4.74 Å². The van der Waals surface area contributed by atoms with Gasteiger partial charge in [0.1, 0.15) is 0 Å². The van der Waals surface area contributed by atoms with Gasteiger partial charge in [0.05, 0.1) is 13.2 Å². The molecule has 1 aromatic heterocycles. The molecule has 0 bridgehead atoms. The zero-order valence-electron chi connectivity index (χ0n) is 15.8. The fraction of sp³-hybridized carbons (Fsp3) is 0.722. The zero-order chi connectivity index (χ0) is 17.5. The molecular weight excluding hydrogens is 479 g/mol. The normalized spacial score (nSPS) is 24.3. The zero-order valence-corrected chi connectivity index (χ0v) is 19.7. The minimum atomic E-state index is 0. The van der Waals surface area contributed by atoms with E-state index in [0.29, 0.717) is 0 Å². The number of ether oxygens (including phenoxy) is 1. The molecule has 0 saturated carbocycles. The third kappa shape index (κ3) is 5.73. The first-order valence-electron chi connectivity index (χ1n) is 9.08. The molecule has 1 aromatic rings. The lowest BCUT2D eigenvalue weighted by molar-refractivity contribution is -0.0121. The van der Waals surface area contributed by atoms with Crippen LogP contribution >= 0.6 is 47.1 Å². The van der Waals surface area contributed by atoms with E-state index in [2.05, 4.69) is 56.4 Å². The molecule has 5 nitrogen and oxygen atoms in total. The molecule has 0 radical (unpaired) electrons. The number of guanidine groups is 1. The van der Waals surface area contributed by atoms with Crippen LogP contribution in [0.1, 0.15) is 11.3 Å². The molecule has 8 heteroatoms. The van der Waals surface area contributed by atoms with Gasteiger partial charge in [-0.1, -0.05) is 6.07 Å². The van der Waals surface area contributed by atoms with Gasteiger partial charge in [-0.2, -0.15) is 11.8 Å². The minimum Gasteiger partial charge on any atom is -0.379 e. The monoisotopic (exact) mass is 510 g/mol. The molecule has 0 aliphatic carbocycles. The van der Waals surface area contributed by atoms with Crippen molar-refractivity contribution in [3.8, 4) is 0 Å². The second kappa shape index (κ2) is 11.1. The van der Waals surface area contributed by atoms with E-state index < -0.39 is 0 Å². The first kappa shape index (κ1) is 22.3. The highest BCUT2D eigenvalue weighted by Crippen LogP contribution is 2.33. The highest BCUT2D eigenvalue weighted by Gasteiger charge is 2.40. The van der Waals surface area contributed by atoms with Gasteiger partial charge in [0.25, 0.3) is 0 Å². The van der Waals surface area contributed by atoms with Gasteiger partial charge in [-0.15, -0.1) is 35.3 Å². The molecule has 2 saturated heterocycles. The number of thioether (sulfide) groups is 1. The molecular formula is C18H31IN4OS2. The quantitative estimate of drug-likeness (QED) is 0.362. The van der Waals surface area contributed by atoms with E-state index in [0.717, 1.165) is 51.8 Å². The third-order valence-corrected chi connectivity index (χ3v) is 7.36. The van der Waals surface area contributed by atoms with Crippen LogP contribution in [0, 0.1) is 0 Å². The average Bonchev–Trinajstić information content (AvgIpc) is 3.34. The van der Waals surface area contributed by atoms with Crippen LogP contribution in [0.15, 0.2) is 22.5 Å². The summed E-state index contributed by atoms with van der Waals surface area (Å²) in [6.07, 6.45) is 2.32. The van der Waals surface area contributed by atoms with E-state index in [9.17, 15) is 0 Å². The first-order valence-corrected chi connectivity index (χ1v) is 11.1. The number of morpholine rings is 1. The molecule has 3 rings (SSSR count). The maximum Gasteiger partial charge on any atom is 0.193 e. The lowest BCUT2D eigenvalue weighted by atomic mass is 9.95. The molecule has 2 aliphatic rings. The standard InChI is InChI=1S/C18H30N4OS2.HI/c1-19-17(21(2)7-5-16-4-3-12-25-16)20-14-18(6-13-24-15-18)22-8-10-23-11-9-22;/h3-4,12H,5-11,13-15H2,1-2H3,(H,19,20);1H. The number of thiophene rings is 1. The summed E-state index contributed by atoms with van der Waals surface area (Å²) < 4.78 is 5.56. The molecule has 1 N–H and O–H groups in total. The Hall–Kier alpha value is -0.0300. The van der Waals surface area contributed by atoms with Gasteiger partial charge in [-0.3, -0.25) is 9.89 Å². The van der Waals surface area contributed by atoms with Crippen LogP contribution in [0.3, 0.4) is 0 Å². The molecule has 3 heterocycles. The summed E-state index contributed by atoms with van der Waals surface area (Å²) in [7, 11) is 4.02. The van der Waals surface area contributed by atoms with Crippen molar-refractivity contribution in [1.82, 2.24) is 15.1 Å². The fourth-order valence-corrected chi connectivity index (χ4v) is 5.78. The fourth-order valence-electron chi connectivity index (χ4n) is 3.60. The number of rotatable bonds is 6. The van der Waals surface area contributed by atoms with E-state index in [4.69, 9.17) is 4.74 Å². The summed E-state index contributed by atoms with van der Waals surface area (Å²) in [4.78, 5) is 10.8. The highest BCUT2D eigenvalue weighted by molar-refractivity contribution is 14.0. The SMILES string of the molecule is CN=C(NCC1(N2CCOCC2)CCSC1)N(C)CCc1cccs1.I. The molecule has 148 valence electrons. The Morgan fingerprint density at radius 2 is 2.23 bits per heavy atom. The van der Waals surface area contributed by atoms with E-state index in [1.165, 1.54) is 22.8 Å². The number of nitrogens with zero attached hydrogens (tertiary/aromatic N) is 3. The van der Waals surface area contributed by atoms with Crippen LogP contribution in [0.2, 0.25) is 0 Å². The van der Waals surface area contributed by atoms with Crippen molar-refractivity contribution in [2.24, 2.45) is 4.99 Å². The highest BCUT2D eigenvalue weighted by atomic mass is 127. The van der Waals surface area contributed by atoms with Crippen LogP contribution in [0.25, 0.3) is 0 Å². The first-order chi connectivity index (χ1) is 12.2. The summed E-state index contributed by atoms with van der Waals surface area (Å²) in [6.45, 7) is 5.78. The summed E-state index contributed by atoms with van der Waals surface area (Å²) in [5.41, 5.74) is 0.249. The maximum atomic E-state index is 5.56. The lowest BCUT2D eigenvalue weighted by Crippen LogP contribution is -2.60. The second-order valence-electron chi connectivity index (χ2n) is 6.78. The van der Waals surface area contributed by atoms with E-state index in [1.54, 1.807) is 0 Å². The Bertz CT molecular complexity index is 543. The van der Waals surface area contributed by atoms with Gasteiger partial charge < -0.3 is 15.0 Å². The Morgan fingerprint density at radius 1 is 1.42 bits per heavy atom. The summed E-state index contributed by atoms with van der Waals surface area (Å²) >= 11 is 3.90. The molecule has 2 aliphatic heterocycles. The lowest BCUT2D eigenvalue weighted by Gasteiger charge is -2.43. The predicted octanol–water partition coefficient (Wildman–Crippen LogP) is 2.62. The van der Waals surface area contributed by atoms with E-state index in [-0.39, 0.29) is 29.5 Å². The summed E-state index contributed by atoms with van der Waals surface area (Å²) in [6, 6.07) is 4.33. The van der Waals surface area contributed by atoms with Crippen LogP contribution in [0.5, 0.6) is 0 Å². The van der Waals surface area contributed by atoms with Crippen molar-refractivity contribution in [3.63, 3.8) is 0 Å². The van der Waals surface area contributed by atoms with Gasteiger partial charge >= 0.3 is 0 Å². The van der Waals surface area contributed by atoms with Crippen LogP contribution in [-0.2, 0) is 11.2 Å². The van der Waals surface area contributed by atoms with Crippen molar-refractivity contribution in [1.29, 1.82) is 0 Å². The van der Waals surface area contributed by atoms with Crippen molar-refractivity contribution in [2.75, 3.05) is 65.0 Å². The molecule has 26 heavy (non-hydrogen) atoms. The van der Waals surface area contributed by atoms with E-state index in [1.807, 2.05) is 18.4 Å². The number of halogens is 1. The van der Waals surface area contributed by atoms with Crippen molar-refractivity contribution >= 4 is 53.0 Å². The van der Waals surface area contributed by atoms with Gasteiger partial charge in [0.15, 0.2) is 5.96 Å². The van der Waals surface area contributed by atoms with E-state index >= 15 is 0 Å². The second-order valence-corrected chi connectivity index (χ2v) is 8.92. The van der Waals surface area contributed by atoms with Gasteiger partial charge in [-0.05, 0) is 30.0 Å². The third-order valence-electron chi connectivity index (χ3n) is 5.19. The van der Waals surface area contributed by atoms with Crippen LogP contribution in [0.4, 0.5) is 0 Å². The molecule has 2 fully saturated rings. The van der Waals surface area contributed by atoms with Crippen LogP contribution in [-0.4, -0.2) is 86.3 Å². The van der Waals surface area contributed by atoms with Crippen molar-refractivity contribution in [3.05, 3.63) is 22.4 Å². The summed E-state index contributed by atoms with van der Waals surface area (Å²) in [5, 5.41) is 5.81. The van der Waals surface area contributed by atoms with Gasteiger partial charge in [-0.25, -0.2) is 0 Å². The number of likely N-dealkylation sites (N-methyl/N-ethyl adjacent to an activating group) is 1. The smallest absolute Gasteiger partial charge is 0.193 e. The Balaban J connectivity index is 0.00000243. The number of aliphatic imine (C=N–C) groups is 1. The van der Waals surface area contributed by atoms with Crippen LogP contribution < -0.4 is 5.32 Å². The number of hydrogen-bond acceptors (Lipinski definition) is 5. The largest absolute Gasteiger partial charge is 0.379 e. The van der Waals surface area contributed by atoms with Gasteiger partial charge in [0, 0.05) is 56.4 Å². The number of nitrogens with one attached hydrogen (secondary N) is 1. The molecule has 0 amide bonds. The molecule has 0 spiro atoms. The Morgan fingerprint density at radius 3 is 2.85 bits per heavy atom. The molecule has 1 unspecified atom stereocenters. The Labute approximate surface area is 183 Å². The van der Waals surface area contributed by atoms with Crippen molar-refractivity contribution in [2.45, 2.75) is 18.4 Å².